The minimum Gasteiger partial charge on any atom is -0.497 e. The zero-order valence-corrected chi connectivity index (χ0v) is 12.9. The van der Waals surface area contributed by atoms with Crippen LogP contribution in [-0.2, 0) is 4.79 Å². The molecule has 0 fully saturated rings. The second kappa shape index (κ2) is 6.42. The SMILES string of the molecule is COc1ccc2[nH]c(C(=O)c3ccc(/C=C/C(=O)O)cc3)cc2c1. The van der Waals surface area contributed by atoms with Crippen LogP contribution in [0.4, 0.5) is 0 Å². The van der Waals surface area contributed by atoms with E-state index in [2.05, 4.69) is 4.98 Å². The average molecular weight is 321 g/mol. The highest BCUT2D eigenvalue weighted by Crippen LogP contribution is 2.23. The molecule has 0 spiro atoms. The third-order valence-corrected chi connectivity index (χ3v) is 3.66. The summed E-state index contributed by atoms with van der Waals surface area (Å²) in [6, 6.07) is 14.1. The minimum absolute atomic E-state index is 0.126. The predicted molar refractivity (Wildman–Crippen MR) is 91.4 cm³/mol. The largest absolute Gasteiger partial charge is 0.497 e. The Bertz CT molecular complexity index is 936. The first-order chi connectivity index (χ1) is 11.6. The highest BCUT2D eigenvalue weighted by molar-refractivity contribution is 6.10. The number of benzene rings is 2. The number of H-pyrrole nitrogens is 1. The fraction of sp³-hybridized carbons (Fsp3) is 0.0526. The van der Waals surface area contributed by atoms with E-state index in [4.69, 9.17) is 9.84 Å². The number of hydrogen-bond donors (Lipinski definition) is 2. The van der Waals surface area contributed by atoms with E-state index in [0.717, 1.165) is 28.3 Å². The summed E-state index contributed by atoms with van der Waals surface area (Å²) in [7, 11) is 1.60. The molecule has 24 heavy (non-hydrogen) atoms. The van der Waals surface area contributed by atoms with Crippen LogP contribution in [0.25, 0.3) is 17.0 Å². The Balaban J connectivity index is 1.87. The first-order valence-corrected chi connectivity index (χ1v) is 7.29. The number of carboxylic acid groups (broad SMARTS) is 1. The fourth-order valence-electron chi connectivity index (χ4n) is 2.43. The summed E-state index contributed by atoms with van der Waals surface area (Å²) >= 11 is 0. The van der Waals surface area contributed by atoms with E-state index >= 15 is 0 Å². The van der Waals surface area contributed by atoms with Gasteiger partial charge in [-0.05, 0) is 35.9 Å². The maximum atomic E-state index is 12.6. The number of rotatable bonds is 5. The maximum Gasteiger partial charge on any atom is 0.328 e. The van der Waals surface area contributed by atoms with E-state index in [-0.39, 0.29) is 5.78 Å². The first-order valence-electron chi connectivity index (χ1n) is 7.29. The van der Waals surface area contributed by atoms with Gasteiger partial charge in [0.25, 0.3) is 0 Å². The number of hydrogen-bond acceptors (Lipinski definition) is 3. The van der Waals surface area contributed by atoms with Crippen molar-refractivity contribution >= 4 is 28.7 Å². The molecule has 0 bridgehead atoms. The standard InChI is InChI=1S/C19H15NO4/c1-24-15-7-8-16-14(10-15)11-17(20-16)19(23)13-5-2-12(3-6-13)4-9-18(21)22/h2-11,20H,1H3,(H,21,22)/b9-4+. The van der Waals surface area contributed by atoms with Crippen molar-refractivity contribution in [3.05, 3.63) is 71.4 Å². The molecule has 0 radical (unpaired) electrons. The zero-order chi connectivity index (χ0) is 17.1. The van der Waals surface area contributed by atoms with E-state index in [0.29, 0.717) is 11.3 Å². The quantitative estimate of drug-likeness (QED) is 0.557. The predicted octanol–water partition coefficient (Wildman–Crippen LogP) is 3.51. The van der Waals surface area contributed by atoms with Crippen molar-refractivity contribution in [1.29, 1.82) is 0 Å². The molecule has 3 aromatic rings. The normalized spacial score (nSPS) is 11.0. The Morgan fingerprint density at radius 3 is 2.50 bits per heavy atom. The molecule has 5 heteroatoms. The highest BCUT2D eigenvalue weighted by atomic mass is 16.5. The van der Waals surface area contributed by atoms with Crippen molar-refractivity contribution in [3.8, 4) is 5.75 Å². The number of carbonyl (C=O) groups excluding carboxylic acids is 1. The molecule has 5 nitrogen and oxygen atoms in total. The van der Waals surface area contributed by atoms with Crippen LogP contribution in [0.15, 0.2) is 54.6 Å². The topological polar surface area (TPSA) is 79.4 Å². The van der Waals surface area contributed by atoms with Crippen LogP contribution in [0.3, 0.4) is 0 Å². The molecule has 0 atom stereocenters. The van der Waals surface area contributed by atoms with E-state index in [1.54, 1.807) is 37.4 Å². The van der Waals surface area contributed by atoms with Crippen molar-refractivity contribution in [3.63, 3.8) is 0 Å². The van der Waals surface area contributed by atoms with Gasteiger partial charge in [-0.25, -0.2) is 4.79 Å². The molecular formula is C19H15NO4. The third kappa shape index (κ3) is 3.20. The summed E-state index contributed by atoms with van der Waals surface area (Å²) in [5.74, 6) is -0.405. The second-order valence-electron chi connectivity index (χ2n) is 5.26. The Morgan fingerprint density at radius 1 is 1.08 bits per heavy atom. The van der Waals surface area contributed by atoms with Crippen molar-refractivity contribution in [2.24, 2.45) is 0 Å². The van der Waals surface area contributed by atoms with Crippen molar-refractivity contribution in [2.75, 3.05) is 7.11 Å². The maximum absolute atomic E-state index is 12.6. The molecule has 0 saturated heterocycles. The van der Waals surface area contributed by atoms with Gasteiger partial charge in [0, 0.05) is 22.5 Å². The summed E-state index contributed by atoms with van der Waals surface area (Å²) in [6.07, 6.45) is 2.54. The van der Waals surface area contributed by atoms with Gasteiger partial charge >= 0.3 is 5.97 Å². The summed E-state index contributed by atoms with van der Waals surface area (Å²) < 4.78 is 5.18. The number of aliphatic carboxylic acids is 1. The Morgan fingerprint density at radius 2 is 1.83 bits per heavy atom. The molecular weight excluding hydrogens is 306 g/mol. The number of aromatic nitrogens is 1. The number of carbonyl (C=O) groups is 2. The van der Waals surface area contributed by atoms with Crippen LogP contribution in [0.2, 0.25) is 0 Å². The fourth-order valence-corrected chi connectivity index (χ4v) is 2.43. The number of carboxylic acids is 1. The van der Waals surface area contributed by atoms with Crippen LogP contribution in [0, 0.1) is 0 Å². The van der Waals surface area contributed by atoms with E-state index in [1.807, 2.05) is 18.2 Å². The molecule has 1 aromatic heterocycles. The first kappa shape index (κ1) is 15.6. The van der Waals surface area contributed by atoms with Crippen LogP contribution >= 0.6 is 0 Å². The van der Waals surface area contributed by atoms with Crippen molar-refractivity contribution < 1.29 is 19.4 Å². The molecule has 120 valence electrons. The molecule has 1 heterocycles. The number of nitrogens with one attached hydrogen (secondary N) is 1. The number of aromatic amines is 1. The second-order valence-corrected chi connectivity index (χ2v) is 5.26. The molecule has 3 rings (SSSR count). The number of methoxy groups -OCH3 is 1. The van der Waals surface area contributed by atoms with Gasteiger partial charge in [-0.1, -0.05) is 24.3 Å². The summed E-state index contributed by atoms with van der Waals surface area (Å²) in [4.78, 5) is 26.2. The molecule has 0 saturated carbocycles. The van der Waals surface area contributed by atoms with Crippen LogP contribution in [0.1, 0.15) is 21.6 Å². The van der Waals surface area contributed by atoms with Crippen molar-refractivity contribution in [1.82, 2.24) is 4.98 Å². The van der Waals surface area contributed by atoms with Crippen LogP contribution < -0.4 is 4.74 Å². The van der Waals surface area contributed by atoms with Crippen LogP contribution in [0.5, 0.6) is 5.75 Å². The van der Waals surface area contributed by atoms with Crippen LogP contribution in [-0.4, -0.2) is 29.0 Å². The molecule has 2 N–H and O–H groups in total. The molecule has 0 unspecified atom stereocenters. The van der Waals surface area contributed by atoms with E-state index in [9.17, 15) is 9.59 Å². The van der Waals surface area contributed by atoms with Gasteiger partial charge in [-0.3, -0.25) is 4.79 Å². The molecule has 2 aromatic carbocycles. The number of ether oxygens (including phenoxy) is 1. The van der Waals surface area contributed by atoms with Gasteiger partial charge in [0.15, 0.2) is 0 Å². The van der Waals surface area contributed by atoms with Gasteiger partial charge in [0.1, 0.15) is 5.75 Å². The van der Waals surface area contributed by atoms with Gasteiger partial charge in [-0.15, -0.1) is 0 Å². The van der Waals surface area contributed by atoms with Gasteiger partial charge in [0.05, 0.1) is 12.8 Å². The Kier molecular flexibility index (Phi) is 4.16. The summed E-state index contributed by atoms with van der Waals surface area (Å²) in [5, 5.41) is 9.52. The highest BCUT2D eigenvalue weighted by Gasteiger charge is 2.12. The molecule has 0 amide bonds. The average Bonchev–Trinajstić information content (AvgIpc) is 3.02. The van der Waals surface area contributed by atoms with Gasteiger partial charge in [-0.2, -0.15) is 0 Å². The van der Waals surface area contributed by atoms with Gasteiger partial charge in [0.2, 0.25) is 5.78 Å². The van der Waals surface area contributed by atoms with Gasteiger partial charge < -0.3 is 14.8 Å². The Labute approximate surface area is 138 Å². The lowest BCUT2D eigenvalue weighted by molar-refractivity contribution is -0.131. The summed E-state index contributed by atoms with van der Waals surface area (Å²) in [6.45, 7) is 0. The molecule has 0 aliphatic heterocycles. The molecule has 0 aliphatic rings. The zero-order valence-electron chi connectivity index (χ0n) is 12.9. The summed E-state index contributed by atoms with van der Waals surface area (Å²) in [5.41, 5.74) is 2.60. The van der Waals surface area contributed by atoms with E-state index < -0.39 is 5.97 Å². The van der Waals surface area contributed by atoms with Crippen molar-refractivity contribution in [2.45, 2.75) is 0 Å². The number of ketones is 1. The smallest absolute Gasteiger partial charge is 0.328 e. The lowest BCUT2D eigenvalue weighted by Crippen LogP contribution is -2.01. The third-order valence-electron chi connectivity index (χ3n) is 3.66. The Hall–Kier alpha value is -3.34. The van der Waals surface area contributed by atoms with E-state index in [1.165, 1.54) is 6.08 Å². The monoisotopic (exact) mass is 321 g/mol. The number of fused-ring (bicyclic) bond motifs is 1. The molecule has 0 aliphatic carbocycles. The minimum atomic E-state index is -1.01. The lowest BCUT2D eigenvalue weighted by Gasteiger charge is -1.99. The lowest BCUT2D eigenvalue weighted by atomic mass is 10.1.